The number of morpholine rings is 1. The highest BCUT2D eigenvalue weighted by molar-refractivity contribution is 7.10. The van der Waals surface area contributed by atoms with Crippen LogP contribution >= 0.6 is 11.3 Å². The van der Waals surface area contributed by atoms with Gasteiger partial charge >= 0.3 is 0 Å². The van der Waals surface area contributed by atoms with Gasteiger partial charge in [0.25, 0.3) is 0 Å². The number of carbonyl (C=O) groups is 1. The number of hydrogen-bond donors (Lipinski definition) is 0. The van der Waals surface area contributed by atoms with Crippen LogP contribution in [0.5, 0.6) is 0 Å². The van der Waals surface area contributed by atoms with Gasteiger partial charge in [-0.05, 0) is 31.2 Å². The van der Waals surface area contributed by atoms with Gasteiger partial charge in [-0.3, -0.25) is 9.69 Å². The SMILES string of the molecule is C[C@@H](C(=O)N1CCC[C@@H]1CN1CCOCC1)c1cccs1. The van der Waals surface area contributed by atoms with Crippen LogP contribution in [0.2, 0.25) is 0 Å². The molecule has 2 aliphatic heterocycles. The second kappa shape index (κ2) is 6.90. The first-order valence-corrected chi connectivity index (χ1v) is 8.77. The summed E-state index contributed by atoms with van der Waals surface area (Å²) in [6, 6.07) is 4.48. The molecule has 3 rings (SSSR count). The minimum Gasteiger partial charge on any atom is -0.379 e. The zero-order valence-corrected chi connectivity index (χ0v) is 13.5. The van der Waals surface area contributed by atoms with Gasteiger partial charge in [-0.25, -0.2) is 0 Å². The van der Waals surface area contributed by atoms with Gasteiger partial charge in [0.1, 0.15) is 0 Å². The Balaban J connectivity index is 1.61. The monoisotopic (exact) mass is 308 g/mol. The third-order valence-electron chi connectivity index (χ3n) is 4.57. The van der Waals surface area contributed by atoms with E-state index in [0.29, 0.717) is 11.9 Å². The van der Waals surface area contributed by atoms with Crippen LogP contribution in [0.1, 0.15) is 30.6 Å². The summed E-state index contributed by atoms with van der Waals surface area (Å²) in [7, 11) is 0. The second-order valence-electron chi connectivity index (χ2n) is 5.98. The Bertz CT molecular complexity index is 457. The number of ether oxygens (including phenoxy) is 1. The summed E-state index contributed by atoms with van der Waals surface area (Å²) >= 11 is 1.68. The lowest BCUT2D eigenvalue weighted by molar-refractivity contribution is -0.133. The third kappa shape index (κ3) is 3.47. The molecular weight excluding hydrogens is 284 g/mol. The maximum absolute atomic E-state index is 12.8. The average Bonchev–Trinajstić information content (AvgIpc) is 3.18. The summed E-state index contributed by atoms with van der Waals surface area (Å²) in [5.41, 5.74) is 0. The van der Waals surface area contributed by atoms with Crippen molar-refractivity contribution in [1.82, 2.24) is 9.80 Å². The number of thiophene rings is 1. The number of nitrogens with zero attached hydrogens (tertiary/aromatic N) is 2. The van der Waals surface area contributed by atoms with Crippen molar-refractivity contribution < 1.29 is 9.53 Å². The van der Waals surface area contributed by atoms with Crippen molar-refractivity contribution in [3.8, 4) is 0 Å². The zero-order valence-electron chi connectivity index (χ0n) is 12.7. The van der Waals surface area contributed by atoms with E-state index in [1.807, 2.05) is 18.4 Å². The first kappa shape index (κ1) is 15.0. The van der Waals surface area contributed by atoms with Crippen LogP contribution in [-0.4, -0.2) is 61.1 Å². The highest BCUT2D eigenvalue weighted by Gasteiger charge is 2.33. The number of likely N-dealkylation sites (tertiary alicyclic amines) is 1. The molecule has 2 aliphatic rings. The average molecular weight is 308 g/mol. The lowest BCUT2D eigenvalue weighted by Gasteiger charge is -2.33. The van der Waals surface area contributed by atoms with E-state index in [4.69, 9.17) is 4.74 Å². The standard InChI is InChI=1S/C16H24N2O2S/c1-13(15-5-3-11-21-15)16(19)18-6-2-4-14(18)12-17-7-9-20-10-8-17/h3,5,11,13-14H,2,4,6-10,12H2,1H3/t13-,14-/m1/s1. The molecule has 4 nitrogen and oxygen atoms in total. The van der Waals surface area contributed by atoms with Gasteiger partial charge in [-0.15, -0.1) is 11.3 Å². The van der Waals surface area contributed by atoms with Crippen molar-refractivity contribution in [3.63, 3.8) is 0 Å². The molecule has 0 aliphatic carbocycles. The van der Waals surface area contributed by atoms with Crippen molar-refractivity contribution in [2.45, 2.75) is 31.7 Å². The Morgan fingerprint density at radius 3 is 2.95 bits per heavy atom. The van der Waals surface area contributed by atoms with Crippen LogP contribution < -0.4 is 0 Å². The third-order valence-corrected chi connectivity index (χ3v) is 5.63. The Kier molecular flexibility index (Phi) is 4.93. The minimum absolute atomic E-state index is 0.00436. The van der Waals surface area contributed by atoms with Crippen molar-refractivity contribution >= 4 is 17.2 Å². The van der Waals surface area contributed by atoms with Crippen LogP contribution in [0, 0.1) is 0 Å². The number of carbonyl (C=O) groups excluding carboxylic acids is 1. The fraction of sp³-hybridized carbons (Fsp3) is 0.688. The van der Waals surface area contributed by atoms with E-state index in [9.17, 15) is 4.79 Å². The molecule has 116 valence electrons. The zero-order chi connectivity index (χ0) is 14.7. The Hall–Kier alpha value is -0.910. The summed E-state index contributed by atoms with van der Waals surface area (Å²) in [6.07, 6.45) is 2.28. The molecule has 0 spiro atoms. The fourth-order valence-electron chi connectivity index (χ4n) is 3.31. The molecule has 0 aromatic carbocycles. The summed E-state index contributed by atoms with van der Waals surface area (Å²) in [5, 5.41) is 2.05. The molecule has 0 radical (unpaired) electrons. The quantitative estimate of drug-likeness (QED) is 0.854. The smallest absolute Gasteiger partial charge is 0.230 e. The molecule has 1 amide bonds. The predicted molar refractivity (Wildman–Crippen MR) is 84.7 cm³/mol. The molecule has 3 heterocycles. The molecule has 2 saturated heterocycles. The molecule has 2 fully saturated rings. The maximum atomic E-state index is 12.8. The van der Waals surface area contributed by atoms with Gasteiger partial charge < -0.3 is 9.64 Å². The van der Waals surface area contributed by atoms with Crippen molar-refractivity contribution in [2.24, 2.45) is 0 Å². The Morgan fingerprint density at radius 2 is 2.24 bits per heavy atom. The summed E-state index contributed by atoms with van der Waals surface area (Å²) in [5.74, 6) is 0.295. The number of rotatable bonds is 4. The largest absolute Gasteiger partial charge is 0.379 e. The number of amides is 1. The van der Waals surface area contributed by atoms with Gasteiger partial charge in [0, 0.05) is 37.1 Å². The van der Waals surface area contributed by atoms with Gasteiger partial charge in [0.15, 0.2) is 0 Å². The summed E-state index contributed by atoms with van der Waals surface area (Å²) < 4.78 is 5.40. The maximum Gasteiger partial charge on any atom is 0.230 e. The first-order chi connectivity index (χ1) is 10.3. The van der Waals surface area contributed by atoms with E-state index in [1.54, 1.807) is 11.3 Å². The Morgan fingerprint density at radius 1 is 1.43 bits per heavy atom. The molecule has 1 aromatic heterocycles. The van der Waals surface area contributed by atoms with Gasteiger partial charge in [0.2, 0.25) is 5.91 Å². The molecule has 1 aromatic rings. The second-order valence-corrected chi connectivity index (χ2v) is 6.96. The van der Waals surface area contributed by atoms with Crippen LogP contribution in [0.15, 0.2) is 17.5 Å². The molecule has 0 bridgehead atoms. The molecule has 5 heteroatoms. The van der Waals surface area contributed by atoms with Gasteiger partial charge in [0.05, 0.1) is 19.1 Å². The van der Waals surface area contributed by atoms with E-state index >= 15 is 0 Å². The topological polar surface area (TPSA) is 32.8 Å². The van der Waals surface area contributed by atoms with Crippen LogP contribution in [0.25, 0.3) is 0 Å². The molecule has 0 unspecified atom stereocenters. The van der Waals surface area contributed by atoms with Crippen LogP contribution in [0.3, 0.4) is 0 Å². The van der Waals surface area contributed by atoms with Crippen molar-refractivity contribution in [2.75, 3.05) is 39.4 Å². The summed E-state index contributed by atoms with van der Waals surface area (Å²) in [6.45, 7) is 7.62. The van der Waals surface area contributed by atoms with E-state index in [0.717, 1.165) is 52.2 Å². The molecule has 0 saturated carbocycles. The van der Waals surface area contributed by atoms with Crippen molar-refractivity contribution in [3.05, 3.63) is 22.4 Å². The molecular formula is C16H24N2O2S. The highest BCUT2D eigenvalue weighted by atomic mass is 32.1. The Labute approximate surface area is 130 Å². The van der Waals surface area contributed by atoms with E-state index in [1.165, 1.54) is 4.88 Å². The molecule has 21 heavy (non-hydrogen) atoms. The summed E-state index contributed by atoms with van der Waals surface area (Å²) in [4.78, 5) is 18.5. The molecule has 2 atom stereocenters. The number of hydrogen-bond acceptors (Lipinski definition) is 4. The minimum atomic E-state index is -0.00436. The van der Waals surface area contributed by atoms with E-state index < -0.39 is 0 Å². The predicted octanol–water partition coefficient (Wildman–Crippen LogP) is 2.17. The van der Waals surface area contributed by atoms with Gasteiger partial charge in [-0.1, -0.05) is 6.07 Å². The first-order valence-electron chi connectivity index (χ1n) is 7.89. The molecule has 0 N–H and O–H groups in total. The normalized spacial score (nSPS) is 25.2. The van der Waals surface area contributed by atoms with Crippen molar-refractivity contribution in [1.29, 1.82) is 0 Å². The fourth-order valence-corrected chi connectivity index (χ4v) is 4.08. The lowest BCUT2D eigenvalue weighted by Crippen LogP contribution is -2.47. The highest BCUT2D eigenvalue weighted by Crippen LogP contribution is 2.27. The van der Waals surface area contributed by atoms with E-state index in [2.05, 4.69) is 15.9 Å². The van der Waals surface area contributed by atoms with Gasteiger partial charge in [-0.2, -0.15) is 0 Å². The van der Waals surface area contributed by atoms with Crippen LogP contribution in [-0.2, 0) is 9.53 Å². The van der Waals surface area contributed by atoms with E-state index in [-0.39, 0.29) is 5.92 Å². The van der Waals surface area contributed by atoms with Crippen LogP contribution in [0.4, 0.5) is 0 Å². The lowest BCUT2D eigenvalue weighted by atomic mass is 10.1.